The van der Waals surface area contributed by atoms with Crippen molar-refractivity contribution in [1.82, 2.24) is 0 Å². The van der Waals surface area contributed by atoms with Crippen molar-refractivity contribution in [3.05, 3.63) is 70.2 Å². The molecule has 0 N–H and O–H groups in total. The molecule has 0 amide bonds. The molecular formula is C14H10BrClF2. The molecule has 1 unspecified atom stereocenters. The SMILES string of the molecule is Fc1ccc(CC(Br)c2ccccc2Cl)cc1F. The minimum absolute atomic E-state index is 0.0314. The summed E-state index contributed by atoms with van der Waals surface area (Å²) < 4.78 is 25.9. The third kappa shape index (κ3) is 3.09. The summed E-state index contributed by atoms with van der Waals surface area (Å²) in [6.07, 6.45) is 0.543. The van der Waals surface area contributed by atoms with Crippen LogP contribution in [0.25, 0.3) is 0 Å². The zero-order valence-electron chi connectivity index (χ0n) is 9.34. The molecule has 0 bridgehead atoms. The summed E-state index contributed by atoms with van der Waals surface area (Å²) in [6.45, 7) is 0. The van der Waals surface area contributed by atoms with Gasteiger partial charge < -0.3 is 0 Å². The fourth-order valence-electron chi connectivity index (χ4n) is 1.71. The Morgan fingerprint density at radius 1 is 1.06 bits per heavy atom. The molecule has 0 aliphatic carbocycles. The fourth-order valence-corrected chi connectivity index (χ4v) is 2.88. The van der Waals surface area contributed by atoms with E-state index < -0.39 is 11.6 Å². The average Bonchev–Trinajstić information content (AvgIpc) is 2.34. The van der Waals surface area contributed by atoms with Crippen molar-refractivity contribution in [2.24, 2.45) is 0 Å². The predicted octanol–water partition coefficient (Wildman–Crippen LogP) is 5.30. The first-order valence-corrected chi connectivity index (χ1v) is 6.69. The maximum Gasteiger partial charge on any atom is 0.159 e. The molecule has 0 fully saturated rings. The minimum Gasteiger partial charge on any atom is -0.204 e. The average molecular weight is 332 g/mol. The fraction of sp³-hybridized carbons (Fsp3) is 0.143. The highest BCUT2D eigenvalue weighted by molar-refractivity contribution is 9.09. The summed E-state index contributed by atoms with van der Waals surface area (Å²) in [7, 11) is 0. The van der Waals surface area contributed by atoms with Crippen LogP contribution in [0.1, 0.15) is 16.0 Å². The van der Waals surface area contributed by atoms with Gasteiger partial charge in [0, 0.05) is 9.85 Å². The Kier molecular flexibility index (Phi) is 4.36. The third-order valence-corrected chi connectivity index (χ3v) is 3.80. The van der Waals surface area contributed by atoms with E-state index in [1.165, 1.54) is 6.07 Å². The van der Waals surface area contributed by atoms with E-state index in [9.17, 15) is 8.78 Å². The molecule has 2 rings (SSSR count). The zero-order valence-corrected chi connectivity index (χ0v) is 11.7. The number of benzene rings is 2. The molecule has 0 aromatic heterocycles. The van der Waals surface area contributed by atoms with Gasteiger partial charge in [-0.25, -0.2) is 8.78 Å². The molecule has 0 saturated heterocycles. The topological polar surface area (TPSA) is 0 Å². The number of halogens is 4. The highest BCUT2D eigenvalue weighted by atomic mass is 79.9. The first-order chi connectivity index (χ1) is 8.58. The van der Waals surface area contributed by atoms with Crippen LogP contribution in [0.4, 0.5) is 8.78 Å². The molecule has 2 aromatic rings. The van der Waals surface area contributed by atoms with Crippen molar-refractivity contribution in [3.63, 3.8) is 0 Å². The largest absolute Gasteiger partial charge is 0.204 e. The van der Waals surface area contributed by atoms with E-state index >= 15 is 0 Å². The summed E-state index contributed by atoms with van der Waals surface area (Å²) in [4.78, 5) is -0.0314. The Balaban J connectivity index is 2.19. The summed E-state index contributed by atoms with van der Waals surface area (Å²) in [5.74, 6) is -1.66. The van der Waals surface area contributed by atoms with E-state index in [1.54, 1.807) is 12.1 Å². The van der Waals surface area contributed by atoms with Crippen molar-refractivity contribution in [2.45, 2.75) is 11.2 Å². The van der Waals surface area contributed by atoms with Crippen molar-refractivity contribution in [1.29, 1.82) is 0 Å². The number of rotatable bonds is 3. The second-order valence-electron chi connectivity index (χ2n) is 3.94. The summed E-state index contributed by atoms with van der Waals surface area (Å²) in [6, 6.07) is 11.4. The van der Waals surface area contributed by atoms with Crippen molar-refractivity contribution in [2.75, 3.05) is 0 Å². The highest BCUT2D eigenvalue weighted by Gasteiger charge is 2.12. The number of hydrogen-bond donors (Lipinski definition) is 0. The number of hydrogen-bond acceptors (Lipinski definition) is 0. The molecule has 4 heteroatoms. The molecule has 0 heterocycles. The molecule has 0 radical (unpaired) electrons. The molecule has 2 aromatic carbocycles. The van der Waals surface area contributed by atoms with Crippen LogP contribution in [0.5, 0.6) is 0 Å². The summed E-state index contributed by atoms with van der Waals surface area (Å²) in [5.41, 5.74) is 1.65. The maximum atomic E-state index is 13.1. The molecule has 0 spiro atoms. The molecule has 0 saturated carbocycles. The van der Waals surface area contributed by atoms with Gasteiger partial charge in [0.25, 0.3) is 0 Å². The summed E-state index contributed by atoms with van der Waals surface area (Å²) >= 11 is 9.59. The Bertz CT molecular complexity index is 557. The van der Waals surface area contributed by atoms with Gasteiger partial charge in [-0.15, -0.1) is 0 Å². The van der Waals surface area contributed by atoms with Gasteiger partial charge >= 0.3 is 0 Å². The van der Waals surface area contributed by atoms with Crippen molar-refractivity contribution in [3.8, 4) is 0 Å². The lowest BCUT2D eigenvalue weighted by atomic mass is 10.0. The van der Waals surface area contributed by atoms with Gasteiger partial charge in [0.05, 0.1) is 0 Å². The van der Waals surface area contributed by atoms with E-state index in [0.29, 0.717) is 11.4 Å². The van der Waals surface area contributed by atoms with Crippen LogP contribution in [0.3, 0.4) is 0 Å². The van der Waals surface area contributed by atoms with Gasteiger partial charge in [-0.2, -0.15) is 0 Å². The summed E-state index contributed by atoms with van der Waals surface area (Å²) in [5, 5.41) is 0.655. The third-order valence-electron chi connectivity index (χ3n) is 2.64. The lowest BCUT2D eigenvalue weighted by molar-refractivity contribution is 0.507. The van der Waals surface area contributed by atoms with Crippen LogP contribution in [-0.4, -0.2) is 0 Å². The van der Waals surface area contributed by atoms with Gasteiger partial charge in [-0.1, -0.05) is 51.8 Å². The molecule has 1 atom stereocenters. The lowest BCUT2D eigenvalue weighted by Gasteiger charge is -2.12. The molecular weight excluding hydrogens is 322 g/mol. The quantitative estimate of drug-likeness (QED) is 0.670. The van der Waals surface area contributed by atoms with Crippen LogP contribution in [0, 0.1) is 11.6 Å². The van der Waals surface area contributed by atoms with Crippen LogP contribution in [-0.2, 0) is 6.42 Å². The Hall–Kier alpha value is -0.930. The molecule has 0 nitrogen and oxygen atoms in total. The van der Waals surface area contributed by atoms with Crippen molar-refractivity contribution < 1.29 is 8.78 Å². The number of alkyl halides is 1. The van der Waals surface area contributed by atoms with Gasteiger partial charge in [-0.05, 0) is 35.7 Å². The second-order valence-corrected chi connectivity index (χ2v) is 5.45. The Morgan fingerprint density at radius 3 is 2.44 bits per heavy atom. The molecule has 18 heavy (non-hydrogen) atoms. The first kappa shape index (κ1) is 13.5. The molecule has 0 aliphatic rings. The highest BCUT2D eigenvalue weighted by Crippen LogP contribution is 2.32. The molecule has 0 aliphatic heterocycles. The van der Waals surface area contributed by atoms with Crippen LogP contribution >= 0.6 is 27.5 Å². The van der Waals surface area contributed by atoms with Crippen LogP contribution in [0.2, 0.25) is 5.02 Å². The van der Waals surface area contributed by atoms with Gasteiger partial charge in [0.15, 0.2) is 11.6 Å². The first-order valence-electron chi connectivity index (χ1n) is 5.40. The Labute approximate surface area is 118 Å². The lowest BCUT2D eigenvalue weighted by Crippen LogP contribution is -1.97. The monoisotopic (exact) mass is 330 g/mol. The Morgan fingerprint density at radius 2 is 1.78 bits per heavy atom. The predicted molar refractivity (Wildman–Crippen MR) is 73.2 cm³/mol. The molecule has 94 valence electrons. The normalized spacial score (nSPS) is 12.4. The van der Waals surface area contributed by atoms with Gasteiger partial charge in [-0.3, -0.25) is 0 Å². The minimum atomic E-state index is -0.831. The second kappa shape index (κ2) is 5.81. The van der Waals surface area contributed by atoms with E-state index in [0.717, 1.165) is 17.2 Å². The standard InChI is InChI=1S/C14H10BrClF2/c15-11(10-3-1-2-4-12(10)16)7-9-5-6-13(17)14(18)8-9/h1-6,8,11H,7H2. The van der Waals surface area contributed by atoms with Crippen LogP contribution in [0.15, 0.2) is 42.5 Å². The van der Waals surface area contributed by atoms with E-state index in [1.807, 2.05) is 18.2 Å². The smallest absolute Gasteiger partial charge is 0.159 e. The van der Waals surface area contributed by atoms with Crippen LogP contribution < -0.4 is 0 Å². The van der Waals surface area contributed by atoms with Crippen molar-refractivity contribution >= 4 is 27.5 Å². The zero-order chi connectivity index (χ0) is 13.1. The maximum absolute atomic E-state index is 13.1. The van der Waals surface area contributed by atoms with E-state index in [2.05, 4.69) is 15.9 Å². The van der Waals surface area contributed by atoms with Gasteiger partial charge in [0.1, 0.15) is 0 Å². The van der Waals surface area contributed by atoms with E-state index in [-0.39, 0.29) is 4.83 Å². The van der Waals surface area contributed by atoms with E-state index in [4.69, 9.17) is 11.6 Å². The van der Waals surface area contributed by atoms with Gasteiger partial charge in [0.2, 0.25) is 0 Å².